The molecule has 3 rings (SSSR count). The van der Waals surface area contributed by atoms with E-state index in [2.05, 4.69) is 5.32 Å². The number of carbonyl (C=O) groups is 2. The molecule has 7 heteroatoms. The van der Waals surface area contributed by atoms with Gasteiger partial charge in [0.25, 0.3) is 6.43 Å². The third-order valence-electron chi connectivity index (χ3n) is 5.21. The molecule has 0 saturated heterocycles. The summed E-state index contributed by atoms with van der Waals surface area (Å²) < 4.78 is 32.2. The Bertz CT molecular complexity index is 841. The van der Waals surface area contributed by atoms with Crippen molar-refractivity contribution in [2.75, 3.05) is 6.61 Å². The van der Waals surface area contributed by atoms with Crippen molar-refractivity contribution in [2.45, 2.75) is 37.6 Å². The number of carbonyl (C=O) groups excluding carboxylic acids is 1. The molecule has 2 aromatic carbocycles. The SMILES string of the molecule is CCC(CC(=O)O)(NC(=O)OCC1c2ccccc2-c2ccccc21)C(F)F. The third kappa shape index (κ3) is 3.69. The molecular formula is C21H21F2NO4. The molecule has 28 heavy (non-hydrogen) atoms. The van der Waals surface area contributed by atoms with Gasteiger partial charge in [0, 0.05) is 5.92 Å². The summed E-state index contributed by atoms with van der Waals surface area (Å²) >= 11 is 0. The first-order valence-electron chi connectivity index (χ1n) is 9.01. The predicted molar refractivity (Wildman–Crippen MR) is 99.5 cm³/mol. The number of ether oxygens (including phenoxy) is 1. The molecule has 0 heterocycles. The number of benzene rings is 2. The summed E-state index contributed by atoms with van der Waals surface area (Å²) in [5, 5.41) is 11.0. The number of alkyl halides is 2. The fourth-order valence-electron chi connectivity index (χ4n) is 3.65. The number of alkyl carbamates (subject to hydrolysis) is 1. The number of nitrogens with one attached hydrogen (secondary N) is 1. The van der Waals surface area contributed by atoms with E-state index in [0.29, 0.717) is 0 Å². The Morgan fingerprint density at radius 3 is 2.11 bits per heavy atom. The highest BCUT2D eigenvalue weighted by Crippen LogP contribution is 2.44. The number of rotatable bonds is 7. The van der Waals surface area contributed by atoms with Crippen LogP contribution in [0.15, 0.2) is 48.5 Å². The van der Waals surface area contributed by atoms with Crippen LogP contribution in [0, 0.1) is 0 Å². The Balaban J connectivity index is 1.75. The maximum atomic E-state index is 13.5. The average molecular weight is 389 g/mol. The van der Waals surface area contributed by atoms with E-state index in [1.807, 2.05) is 48.5 Å². The standard InChI is InChI=1S/C21H21F2NO4/c1-2-21(19(22)23,11-18(25)26)24-20(27)28-12-17-15-9-5-3-7-13(15)14-8-4-6-10-16(14)17/h3-10,17,19H,2,11-12H2,1H3,(H,24,27)(H,25,26). The second kappa shape index (κ2) is 7.96. The van der Waals surface area contributed by atoms with Crippen LogP contribution < -0.4 is 5.32 Å². The molecule has 1 amide bonds. The number of fused-ring (bicyclic) bond motifs is 3. The molecule has 0 bridgehead atoms. The van der Waals surface area contributed by atoms with Crippen molar-refractivity contribution in [3.8, 4) is 11.1 Å². The van der Waals surface area contributed by atoms with Crippen molar-refractivity contribution in [1.29, 1.82) is 0 Å². The van der Waals surface area contributed by atoms with Crippen LogP contribution in [0.4, 0.5) is 13.6 Å². The lowest BCUT2D eigenvalue weighted by Gasteiger charge is -2.31. The van der Waals surface area contributed by atoms with Gasteiger partial charge in [-0.3, -0.25) is 4.79 Å². The average Bonchev–Trinajstić information content (AvgIpc) is 2.99. The normalized spacial score (nSPS) is 14.9. The van der Waals surface area contributed by atoms with E-state index in [9.17, 15) is 18.4 Å². The molecule has 148 valence electrons. The Morgan fingerprint density at radius 2 is 1.64 bits per heavy atom. The zero-order valence-corrected chi connectivity index (χ0v) is 15.3. The van der Waals surface area contributed by atoms with Crippen LogP contribution >= 0.6 is 0 Å². The van der Waals surface area contributed by atoms with Crippen LogP contribution in [0.1, 0.15) is 36.8 Å². The summed E-state index contributed by atoms with van der Waals surface area (Å²) in [6.45, 7) is 1.37. The molecule has 2 N–H and O–H groups in total. The van der Waals surface area contributed by atoms with Gasteiger partial charge in [-0.25, -0.2) is 13.6 Å². The van der Waals surface area contributed by atoms with Gasteiger partial charge >= 0.3 is 12.1 Å². The Kier molecular flexibility index (Phi) is 5.63. The second-order valence-electron chi connectivity index (χ2n) is 6.83. The maximum Gasteiger partial charge on any atom is 0.407 e. The Hall–Kier alpha value is -2.96. The lowest BCUT2D eigenvalue weighted by atomic mass is 9.92. The zero-order valence-electron chi connectivity index (χ0n) is 15.3. The van der Waals surface area contributed by atoms with Crippen LogP contribution in [0.5, 0.6) is 0 Å². The summed E-state index contributed by atoms with van der Waals surface area (Å²) in [4.78, 5) is 23.2. The molecule has 1 aliphatic carbocycles. The highest BCUT2D eigenvalue weighted by molar-refractivity contribution is 5.79. The lowest BCUT2D eigenvalue weighted by molar-refractivity contribution is -0.140. The minimum atomic E-state index is -3.03. The number of halogens is 2. The van der Waals surface area contributed by atoms with Crippen molar-refractivity contribution >= 4 is 12.1 Å². The molecule has 0 aromatic heterocycles. The monoisotopic (exact) mass is 389 g/mol. The zero-order chi connectivity index (χ0) is 20.3. The van der Waals surface area contributed by atoms with Crippen LogP contribution in [-0.2, 0) is 9.53 Å². The molecule has 0 radical (unpaired) electrons. The molecular weight excluding hydrogens is 368 g/mol. The summed E-state index contributed by atoms with van der Waals surface area (Å²) in [7, 11) is 0. The maximum absolute atomic E-state index is 13.5. The smallest absolute Gasteiger partial charge is 0.407 e. The number of aliphatic carboxylic acids is 1. The van der Waals surface area contributed by atoms with Crippen molar-refractivity contribution in [1.82, 2.24) is 5.32 Å². The molecule has 2 aromatic rings. The van der Waals surface area contributed by atoms with Gasteiger partial charge in [-0.2, -0.15) is 0 Å². The van der Waals surface area contributed by atoms with Crippen LogP contribution in [-0.4, -0.2) is 35.7 Å². The van der Waals surface area contributed by atoms with Gasteiger partial charge in [-0.15, -0.1) is 0 Å². The molecule has 1 atom stereocenters. The topological polar surface area (TPSA) is 75.6 Å². The first-order valence-corrected chi connectivity index (χ1v) is 9.01. The summed E-state index contributed by atoms with van der Waals surface area (Å²) in [5.41, 5.74) is 1.94. The molecule has 1 aliphatic rings. The molecule has 0 saturated carbocycles. The minimum absolute atomic E-state index is 0.0318. The fraction of sp³-hybridized carbons (Fsp3) is 0.333. The number of amides is 1. The van der Waals surface area contributed by atoms with Crippen molar-refractivity contribution in [3.05, 3.63) is 59.7 Å². The largest absolute Gasteiger partial charge is 0.481 e. The van der Waals surface area contributed by atoms with E-state index < -0.39 is 30.4 Å². The highest BCUT2D eigenvalue weighted by atomic mass is 19.3. The van der Waals surface area contributed by atoms with Gasteiger partial charge in [0.2, 0.25) is 0 Å². The number of carboxylic acid groups (broad SMARTS) is 1. The number of carboxylic acids is 1. The summed E-state index contributed by atoms with van der Waals surface area (Å²) in [6, 6.07) is 15.5. The van der Waals surface area contributed by atoms with E-state index in [4.69, 9.17) is 9.84 Å². The molecule has 5 nitrogen and oxygen atoms in total. The van der Waals surface area contributed by atoms with Gasteiger partial charge in [0.05, 0.1) is 6.42 Å². The first kappa shape index (κ1) is 19.8. The van der Waals surface area contributed by atoms with Crippen LogP contribution in [0.3, 0.4) is 0 Å². The van der Waals surface area contributed by atoms with E-state index in [-0.39, 0.29) is 18.9 Å². The Labute approximate surface area is 161 Å². The van der Waals surface area contributed by atoms with E-state index in [1.54, 1.807) is 0 Å². The minimum Gasteiger partial charge on any atom is -0.481 e. The third-order valence-corrected chi connectivity index (χ3v) is 5.21. The fourth-order valence-corrected chi connectivity index (χ4v) is 3.65. The molecule has 0 spiro atoms. The van der Waals surface area contributed by atoms with E-state index in [1.165, 1.54) is 6.92 Å². The summed E-state index contributed by atoms with van der Waals surface area (Å²) in [6.07, 6.45) is -5.20. The van der Waals surface area contributed by atoms with Crippen molar-refractivity contribution < 1.29 is 28.2 Å². The Morgan fingerprint density at radius 1 is 1.11 bits per heavy atom. The van der Waals surface area contributed by atoms with E-state index in [0.717, 1.165) is 22.3 Å². The second-order valence-corrected chi connectivity index (χ2v) is 6.83. The quantitative estimate of drug-likeness (QED) is 0.735. The van der Waals surface area contributed by atoms with Gasteiger partial charge in [-0.1, -0.05) is 55.5 Å². The van der Waals surface area contributed by atoms with Crippen LogP contribution in [0.25, 0.3) is 11.1 Å². The number of hydrogen-bond donors (Lipinski definition) is 2. The molecule has 0 aliphatic heterocycles. The van der Waals surface area contributed by atoms with Gasteiger partial charge in [0.1, 0.15) is 12.1 Å². The lowest BCUT2D eigenvalue weighted by Crippen LogP contribution is -2.55. The highest BCUT2D eigenvalue weighted by Gasteiger charge is 2.42. The van der Waals surface area contributed by atoms with Crippen LogP contribution in [0.2, 0.25) is 0 Å². The molecule has 1 unspecified atom stereocenters. The molecule has 0 fully saturated rings. The number of hydrogen-bond acceptors (Lipinski definition) is 3. The van der Waals surface area contributed by atoms with E-state index >= 15 is 0 Å². The predicted octanol–water partition coefficient (Wildman–Crippen LogP) is 4.41. The van der Waals surface area contributed by atoms with Crippen molar-refractivity contribution in [3.63, 3.8) is 0 Å². The van der Waals surface area contributed by atoms with Gasteiger partial charge in [0.15, 0.2) is 0 Å². The van der Waals surface area contributed by atoms with Gasteiger partial charge < -0.3 is 15.2 Å². The first-order chi connectivity index (χ1) is 13.4. The summed E-state index contributed by atoms with van der Waals surface area (Å²) in [5.74, 6) is -1.62. The van der Waals surface area contributed by atoms with Crippen molar-refractivity contribution in [2.24, 2.45) is 0 Å². The van der Waals surface area contributed by atoms with Gasteiger partial charge in [-0.05, 0) is 28.7 Å².